The summed E-state index contributed by atoms with van der Waals surface area (Å²) in [5.74, 6) is -0.107. The van der Waals surface area contributed by atoms with Gasteiger partial charge in [0, 0.05) is 25.0 Å². The molecule has 1 aliphatic heterocycles. The van der Waals surface area contributed by atoms with E-state index in [1.165, 1.54) is 18.3 Å². The van der Waals surface area contributed by atoms with Gasteiger partial charge in [0.1, 0.15) is 0 Å². The first-order valence-corrected chi connectivity index (χ1v) is 9.98. The molecule has 2 atom stereocenters. The highest BCUT2D eigenvalue weighted by atomic mass is 32.1. The van der Waals surface area contributed by atoms with Crippen molar-refractivity contribution in [2.24, 2.45) is 0 Å². The van der Waals surface area contributed by atoms with Gasteiger partial charge in [-0.1, -0.05) is 0 Å². The van der Waals surface area contributed by atoms with E-state index in [0.717, 1.165) is 24.3 Å². The Morgan fingerprint density at radius 3 is 2.92 bits per heavy atom. The molecule has 0 bridgehead atoms. The number of nitrogens with zero attached hydrogens (tertiary/aromatic N) is 2. The molecule has 2 aromatic rings. The molecule has 0 radical (unpaired) electrons. The zero-order valence-electron chi connectivity index (χ0n) is 14.0. The first kappa shape index (κ1) is 18.2. The fraction of sp³-hybridized carbons (Fsp3) is 0.471. The van der Waals surface area contributed by atoms with Gasteiger partial charge in [0.15, 0.2) is 5.78 Å². The Hall–Kier alpha value is -1.61. The third kappa shape index (κ3) is 4.94. The molecule has 25 heavy (non-hydrogen) atoms. The van der Waals surface area contributed by atoms with Gasteiger partial charge >= 0.3 is 0 Å². The second-order valence-corrected chi connectivity index (χ2v) is 7.93. The molecule has 2 aromatic heterocycles. The molecule has 3 rings (SSSR count). The lowest BCUT2D eigenvalue weighted by Crippen LogP contribution is -2.54. The average molecular weight is 380 g/mol. The maximum absolute atomic E-state index is 12.2. The van der Waals surface area contributed by atoms with E-state index < -0.39 is 6.10 Å². The van der Waals surface area contributed by atoms with E-state index in [-0.39, 0.29) is 24.2 Å². The fourth-order valence-corrected chi connectivity index (χ4v) is 4.31. The monoisotopic (exact) mass is 379 g/mol. The minimum absolute atomic E-state index is 0.0135. The van der Waals surface area contributed by atoms with Crippen molar-refractivity contribution in [3.63, 3.8) is 0 Å². The molecule has 0 aliphatic carbocycles. The van der Waals surface area contributed by atoms with Crippen molar-refractivity contribution in [2.45, 2.75) is 38.5 Å². The van der Waals surface area contributed by atoms with Crippen LogP contribution in [0.4, 0.5) is 0 Å². The molecular weight excluding hydrogens is 358 g/mol. The molecule has 0 spiro atoms. The number of ketones is 1. The van der Waals surface area contributed by atoms with Gasteiger partial charge in [-0.3, -0.25) is 14.5 Å². The molecular formula is C17H21N3O3S2. The number of likely N-dealkylation sites (tertiary alicyclic amines) is 1. The van der Waals surface area contributed by atoms with Crippen molar-refractivity contribution in [1.29, 1.82) is 0 Å². The topological polar surface area (TPSA) is 82.5 Å². The number of amides is 1. The van der Waals surface area contributed by atoms with Crippen molar-refractivity contribution in [3.05, 3.63) is 38.5 Å². The molecule has 2 N–H and O–H groups in total. The molecule has 0 unspecified atom stereocenters. The van der Waals surface area contributed by atoms with Crippen molar-refractivity contribution in [1.82, 2.24) is 15.2 Å². The zero-order valence-corrected chi connectivity index (χ0v) is 15.6. The molecule has 1 amide bonds. The number of carbonyl (C=O) groups is 2. The van der Waals surface area contributed by atoms with Gasteiger partial charge in [-0.15, -0.1) is 22.7 Å². The van der Waals surface area contributed by atoms with E-state index in [1.54, 1.807) is 22.9 Å². The first-order valence-electron chi connectivity index (χ1n) is 8.16. The van der Waals surface area contributed by atoms with E-state index >= 15 is 0 Å². The Balaban J connectivity index is 1.47. The maximum Gasteiger partial charge on any atom is 0.224 e. The molecule has 1 saturated heterocycles. The van der Waals surface area contributed by atoms with Crippen molar-refractivity contribution < 1.29 is 14.7 Å². The van der Waals surface area contributed by atoms with Gasteiger partial charge in [-0.2, -0.15) is 0 Å². The second-order valence-electron chi connectivity index (χ2n) is 6.30. The Morgan fingerprint density at radius 1 is 1.44 bits per heavy atom. The quantitative estimate of drug-likeness (QED) is 0.747. The highest BCUT2D eigenvalue weighted by molar-refractivity contribution is 7.12. The van der Waals surface area contributed by atoms with Crippen LogP contribution >= 0.6 is 22.7 Å². The highest BCUT2D eigenvalue weighted by Crippen LogP contribution is 2.17. The van der Waals surface area contributed by atoms with Crippen molar-refractivity contribution in [2.75, 3.05) is 13.1 Å². The summed E-state index contributed by atoms with van der Waals surface area (Å²) >= 11 is 2.92. The zero-order chi connectivity index (χ0) is 17.8. The third-order valence-electron chi connectivity index (χ3n) is 4.25. The molecule has 6 nitrogen and oxygen atoms in total. The molecule has 0 saturated carbocycles. The summed E-state index contributed by atoms with van der Waals surface area (Å²) in [6.07, 6.45) is 0.348. The van der Waals surface area contributed by atoms with Crippen LogP contribution in [0.15, 0.2) is 22.3 Å². The van der Waals surface area contributed by atoms with Crippen LogP contribution in [-0.2, 0) is 17.8 Å². The number of Topliss-reactive ketones (excluding diaryl/α,β-unsaturated/α-hetero) is 1. The van der Waals surface area contributed by atoms with Gasteiger partial charge < -0.3 is 10.4 Å². The standard InChI is InChI=1S/C17H21N3O3S2/c1-11(21)16-4-12(8-25-16)5-17(23)19-14-2-3-20(7-15(14)22)6-13-9-24-10-18-13/h4,8-10,14-15,22H,2-3,5-7H2,1H3,(H,19,23)/t14-,15-/m1/s1. The smallest absolute Gasteiger partial charge is 0.224 e. The van der Waals surface area contributed by atoms with E-state index in [0.29, 0.717) is 17.8 Å². The summed E-state index contributed by atoms with van der Waals surface area (Å²) in [5, 5.41) is 17.1. The molecule has 0 aromatic carbocycles. The number of hydrogen-bond acceptors (Lipinski definition) is 7. The Labute approximate surface area is 154 Å². The number of aromatic nitrogens is 1. The number of piperidine rings is 1. The summed E-state index contributed by atoms with van der Waals surface area (Å²) in [6.45, 7) is 3.58. The van der Waals surface area contributed by atoms with E-state index in [2.05, 4.69) is 15.2 Å². The predicted octanol–water partition coefficient (Wildman–Crippen LogP) is 1.70. The fourth-order valence-electron chi connectivity index (χ4n) is 2.95. The van der Waals surface area contributed by atoms with Crippen LogP contribution in [0.1, 0.15) is 34.3 Å². The Bertz CT molecular complexity index is 729. The lowest BCUT2D eigenvalue weighted by atomic mass is 10.0. The number of aliphatic hydroxyl groups excluding tert-OH is 1. The molecule has 3 heterocycles. The predicted molar refractivity (Wildman–Crippen MR) is 98.0 cm³/mol. The molecule has 134 valence electrons. The van der Waals surface area contributed by atoms with Crippen molar-refractivity contribution in [3.8, 4) is 0 Å². The van der Waals surface area contributed by atoms with Crippen LogP contribution in [0.25, 0.3) is 0 Å². The van der Waals surface area contributed by atoms with E-state index in [1.807, 2.05) is 10.8 Å². The molecule has 1 aliphatic rings. The highest BCUT2D eigenvalue weighted by Gasteiger charge is 2.29. The summed E-state index contributed by atoms with van der Waals surface area (Å²) in [7, 11) is 0. The SMILES string of the molecule is CC(=O)c1cc(CC(=O)N[C@@H]2CCN(Cc3cscn3)C[C@H]2O)cs1. The van der Waals surface area contributed by atoms with Gasteiger partial charge in [0.25, 0.3) is 0 Å². The second kappa shape index (κ2) is 8.18. The summed E-state index contributed by atoms with van der Waals surface area (Å²) in [6, 6.07) is 1.53. The number of thiazole rings is 1. The number of rotatable bonds is 6. The minimum atomic E-state index is -0.591. The van der Waals surface area contributed by atoms with E-state index in [4.69, 9.17) is 0 Å². The van der Waals surface area contributed by atoms with Crippen LogP contribution in [-0.4, -0.2) is 51.9 Å². The van der Waals surface area contributed by atoms with Crippen LogP contribution < -0.4 is 5.32 Å². The largest absolute Gasteiger partial charge is 0.390 e. The number of nitrogens with one attached hydrogen (secondary N) is 1. The molecule has 1 fully saturated rings. The van der Waals surface area contributed by atoms with Crippen LogP contribution in [0.2, 0.25) is 0 Å². The van der Waals surface area contributed by atoms with Crippen LogP contribution in [0, 0.1) is 0 Å². The van der Waals surface area contributed by atoms with Crippen LogP contribution in [0.5, 0.6) is 0 Å². The van der Waals surface area contributed by atoms with Crippen molar-refractivity contribution >= 4 is 34.4 Å². The Kier molecular flexibility index (Phi) is 5.95. The number of hydrogen-bond donors (Lipinski definition) is 2. The number of thiophene rings is 1. The first-order chi connectivity index (χ1) is 12.0. The summed E-state index contributed by atoms with van der Waals surface area (Å²) in [4.78, 5) is 30.6. The summed E-state index contributed by atoms with van der Waals surface area (Å²) < 4.78 is 0. The number of aliphatic hydroxyl groups is 1. The Morgan fingerprint density at radius 2 is 2.28 bits per heavy atom. The summed E-state index contributed by atoms with van der Waals surface area (Å²) in [5.41, 5.74) is 3.65. The van der Waals surface area contributed by atoms with Gasteiger partial charge in [-0.25, -0.2) is 4.98 Å². The molecule has 8 heteroatoms. The van der Waals surface area contributed by atoms with Gasteiger partial charge in [-0.05, 0) is 30.4 Å². The van der Waals surface area contributed by atoms with E-state index in [9.17, 15) is 14.7 Å². The normalized spacial score (nSPS) is 21.2. The lowest BCUT2D eigenvalue weighted by molar-refractivity contribution is -0.122. The van der Waals surface area contributed by atoms with Crippen LogP contribution in [0.3, 0.4) is 0 Å². The van der Waals surface area contributed by atoms with Gasteiger partial charge in [0.2, 0.25) is 5.91 Å². The minimum Gasteiger partial charge on any atom is -0.390 e. The third-order valence-corrected chi connectivity index (χ3v) is 5.96. The number of carbonyl (C=O) groups excluding carboxylic acids is 2. The maximum atomic E-state index is 12.2. The average Bonchev–Trinajstić information content (AvgIpc) is 3.22. The lowest BCUT2D eigenvalue weighted by Gasteiger charge is -2.35. The van der Waals surface area contributed by atoms with Gasteiger partial charge in [0.05, 0.1) is 34.6 Å². The number of β-amino-alcohol motifs (C(OH)–C–C–N with tert-alkyl or cyclic N) is 1.